The number of rotatable bonds is 5. The van der Waals surface area contributed by atoms with Crippen molar-refractivity contribution in [3.8, 4) is 17.2 Å². The first-order valence-corrected chi connectivity index (χ1v) is 7.95. The summed E-state index contributed by atoms with van der Waals surface area (Å²) in [5.41, 5.74) is 0.524. The maximum absolute atomic E-state index is 10.7. The average Bonchev–Trinajstić information content (AvgIpc) is 3.05. The summed E-state index contributed by atoms with van der Waals surface area (Å²) in [6.07, 6.45) is 0. The Morgan fingerprint density at radius 2 is 1.88 bits per heavy atom. The third kappa shape index (κ3) is 3.38. The van der Waals surface area contributed by atoms with Gasteiger partial charge in [-0.1, -0.05) is 12.1 Å². The number of nitro benzene ring substituents is 1. The van der Waals surface area contributed by atoms with Crippen LogP contribution in [0.1, 0.15) is 18.1 Å². The summed E-state index contributed by atoms with van der Waals surface area (Å²) in [5, 5.41) is 28.3. The summed E-state index contributed by atoms with van der Waals surface area (Å²) in [5.74, 6) is 0.735. The van der Waals surface area contributed by atoms with Crippen molar-refractivity contribution in [2.75, 3.05) is 0 Å². The van der Waals surface area contributed by atoms with Crippen LogP contribution in [-0.4, -0.2) is 20.2 Å². The highest BCUT2D eigenvalue weighted by Gasteiger charge is 2.18. The summed E-state index contributed by atoms with van der Waals surface area (Å²) < 4.78 is 5.64. The molecule has 1 unspecified atom stereocenters. The topological polar surface area (TPSA) is 102 Å². The predicted octanol–water partition coefficient (Wildman–Crippen LogP) is 4.20. The molecule has 1 N–H and O–H groups in total. The first-order chi connectivity index (χ1) is 11.5. The van der Waals surface area contributed by atoms with E-state index < -0.39 is 4.92 Å². The molecule has 0 saturated carbocycles. The lowest BCUT2D eigenvalue weighted by Crippen LogP contribution is -1.90. The van der Waals surface area contributed by atoms with Gasteiger partial charge in [-0.2, -0.15) is 0 Å². The van der Waals surface area contributed by atoms with Gasteiger partial charge in [-0.3, -0.25) is 10.1 Å². The Balaban J connectivity index is 1.75. The summed E-state index contributed by atoms with van der Waals surface area (Å²) in [7, 11) is 0. The van der Waals surface area contributed by atoms with E-state index in [0.717, 1.165) is 4.90 Å². The van der Waals surface area contributed by atoms with E-state index in [9.17, 15) is 15.2 Å². The van der Waals surface area contributed by atoms with Gasteiger partial charge in [0.05, 0.1) is 15.7 Å². The second-order valence-electron chi connectivity index (χ2n) is 4.97. The number of hydrogen-bond donors (Lipinski definition) is 1. The molecule has 0 aliphatic heterocycles. The van der Waals surface area contributed by atoms with Crippen LogP contribution in [0.25, 0.3) is 11.5 Å². The molecular formula is C16H13N3O4S. The fourth-order valence-electron chi connectivity index (χ4n) is 2.06. The van der Waals surface area contributed by atoms with Crippen LogP contribution in [-0.2, 0) is 0 Å². The Labute approximate surface area is 141 Å². The average molecular weight is 343 g/mol. The molecule has 1 atom stereocenters. The van der Waals surface area contributed by atoms with Crippen LogP contribution < -0.4 is 0 Å². The monoisotopic (exact) mass is 343 g/mol. The number of non-ortho nitro benzene ring substituents is 1. The van der Waals surface area contributed by atoms with Crippen molar-refractivity contribution in [3.63, 3.8) is 0 Å². The Bertz CT molecular complexity index is 864. The van der Waals surface area contributed by atoms with E-state index >= 15 is 0 Å². The molecule has 3 rings (SSSR count). The van der Waals surface area contributed by atoms with Gasteiger partial charge in [0, 0.05) is 17.0 Å². The Hall–Kier alpha value is -2.87. The number of nitrogens with zero attached hydrogens (tertiary/aromatic N) is 3. The van der Waals surface area contributed by atoms with E-state index in [2.05, 4.69) is 10.2 Å². The molecule has 0 fully saturated rings. The maximum atomic E-state index is 10.7. The van der Waals surface area contributed by atoms with Crippen molar-refractivity contribution in [3.05, 3.63) is 64.5 Å². The van der Waals surface area contributed by atoms with Crippen molar-refractivity contribution in [1.29, 1.82) is 0 Å². The van der Waals surface area contributed by atoms with Crippen LogP contribution in [0.3, 0.4) is 0 Å². The van der Waals surface area contributed by atoms with Crippen LogP contribution in [0, 0.1) is 10.1 Å². The number of phenolic OH excluding ortho intramolecular Hbond substituents is 1. The van der Waals surface area contributed by atoms with Crippen molar-refractivity contribution >= 4 is 17.4 Å². The zero-order valence-corrected chi connectivity index (χ0v) is 13.4. The molecule has 0 bridgehead atoms. The molecule has 0 aliphatic rings. The van der Waals surface area contributed by atoms with Crippen molar-refractivity contribution in [2.45, 2.75) is 17.1 Å². The molecule has 0 saturated heterocycles. The molecule has 7 nitrogen and oxygen atoms in total. The minimum Gasteiger partial charge on any atom is -0.507 e. The van der Waals surface area contributed by atoms with Gasteiger partial charge in [0.1, 0.15) is 5.75 Å². The number of aromatic nitrogens is 2. The zero-order chi connectivity index (χ0) is 17.1. The number of aromatic hydroxyl groups is 1. The molecule has 3 aromatic rings. The standard InChI is InChI=1S/C16H13N3O4S/c1-10(24-12-8-6-11(7-9-12)19(21)22)15-17-18-16(23-15)13-4-2-3-5-14(13)20/h2-10,20H,1H3. The highest BCUT2D eigenvalue weighted by Crippen LogP contribution is 2.36. The number of thioether (sulfide) groups is 1. The molecule has 0 spiro atoms. The van der Waals surface area contributed by atoms with Gasteiger partial charge in [-0.05, 0) is 31.2 Å². The van der Waals surface area contributed by atoms with Gasteiger partial charge in [-0.15, -0.1) is 22.0 Å². The molecule has 0 amide bonds. The van der Waals surface area contributed by atoms with Crippen molar-refractivity contribution in [1.82, 2.24) is 10.2 Å². The van der Waals surface area contributed by atoms with E-state index in [0.29, 0.717) is 11.5 Å². The highest BCUT2D eigenvalue weighted by atomic mass is 32.2. The van der Waals surface area contributed by atoms with E-state index in [4.69, 9.17) is 4.42 Å². The molecule has 1 aromatic heterocycles. The third-order valence-electron chi connectivity index (χ3n) is 3.28. The Morgan fingerprint density at radius 3 is 2.54 bits per heavy atom. The summed E-state index contributed by atoms with van der Waals surface area (Å²) >= 11 is 1.45. The minimum atomic E-state index is -0.436. The lowest BCUT2D eigenvalue weighted by Gasteiger charge is -2.06. The first kappa shape index (κ1) is 16.0. The maximum Gasteiger partial charge on any atom is 0.269 e. The fraction of sp³-hybridized carbons (Fsp3) is 0.125. The molecule has 24 heavy (non-hydrogen) atoms. The van der Waals surface area contributed by atoms with Gasteiger partial charge in [0.2, 0.25) is 5.89 Å². The fourth-order valence-corrected chi connectivity index (χ4v) is 2.96. The summed E-state index contributed by atoms with van der Waals surface area (Å²) in [6, 6.07) is 13.0. The van der Waals surface area contributed by atoms with Gasteiger partial charge in [0.15, 0.2) is 0 Å². The van der Waals surface area contributed by atoms with Crippen molar-refractivity contribution in [2.24, 2.45) is 0 Å². The largest absolute Gasteiger partial charge is 0.507 e. The Morgan fingerprint density at radius 1 is 1.17 bits per heavy atom. The summed E-state index contributed by atoms with van der Waals surface area (Å²) in [6.45, 7) is 1.90. The Kier molecular flexibility index (Phi) is 4.48. The van der Waals surface area contributed by atoms with Crippen LogP contribution in [0.2, 0.25) is 0 Å². The predicted molar refractivity (Wildman–Crippen MR) is 88.8 cm³/mol. The normalized spacial score (nSPS) is 12.0. The molecular weight excluding hydrogens is 330 g/mol. The highest BCUT2D eigenvalue weighted by molar-refractivity contribution is 7.99. The zero-order valence-electron chi connectivity index (χ0n) is 12.6. The van der Waals surface area contributed by atoms with Gasteiger partial charge in [0.25, 0.3) is 11.6 Å². The number of para-hydroxylation sites is 1. The van der Waals surface area contributed by atoms with E-state index in [1.54, 1.807) is 36.4 Å². The molecule has 122 valence electrons. The van der Waals surface area contributed by atoms with Crippen LogP contribution in [0.5, 0.6) is 5.75 Å². The van der Waals surface area contributed by atoms with Gasteiger partial charge >= 0.3 is 0 Å². The molecule has 0 aliphatic carbocycles. The second-order valence-corrected chi connectivity index (χ2v) is 6.39. The molecule has 0 radical (unpaired) electrons. The lowest BCUT2D eigenvalue weighted by atomic mass is 10.2. The van der Waals surface area contributed by atoms with Gasteiger partial charge in [-0.25, -0.2) is 0 Å². The molecule has 1 heterocycles. The minimum absolute atomic E-state index is 0.0478. The summed E-state index contributed by atoms with van der Waals surface area (Å²) in [4.78, 5) is 11.1. The number of nitro groups is 1. The molecule has 2 aromatic carbocycles. The van der Waals surface area contributed by atoms with Crippen molar-refractivity contribution < 1.29 is 14.4 Å². The number of hydrogen-bond acceptors (Lipinski definition) is 7. The number of benzene rings is 2. The third-order valence-corrected chi connectivity index (χ3v) is 4.38. The molecule has 8 heteroatoms. The first-order valence-electron chi connectivity index (χ1n) is 7.07. The van der Waals surface area contributed by atoms with E-state index in [1.165, 1.54) is 23.9 Å². The SMILES string of the molecule is CC(Sc1ccc([N+](=O)[O-])cc1)c1nnc(-c2ccccc2O)o1. The van der Waals surface area contributed by atoms with Crippen LogP contribution in [0.15, 0.2) is 57.8 Å². The quantitative estimate of drug-likeness (QED) is 0.420. The second kappa shape index (κ2) is 6.71. The van der Waals surface area contributed by atoms with Crippen LogP contribution >= 0.6 is 11.8 Å². The van der Waals surface area contributed by atoms with E-state index in [-0.39, 0.29) is 22.6 Å². The van der Waals surface area contributed by atoms with E-state index in [1.807, 2.05) is 6.92 Å². The van der Waals surface area contributed by atoms with Crippen LogP contribution in [0.4, 0.5) is 5.69 Å². The lowest BCUT2D eigenvalue weighted by molar-refractivity contribution is -0.384. The smallest absolute Gasteiger partial charge is 0.269 e. The number of phenols is 1. The van der Waals surface area contributed by atoms with Gasteiger partial charge < -0.3 is 9.52 Å².